The van der Waals surface area contributed by atoms with E-state index in [0.29, 0.717) is 11.6 Å². The molecule has 0 radical (unpaired) electrons. The van der Waals surface area contributed by atoms with Gasteiger partial charge in [0.25, 0.3) is 0 Å². The van der Waals surface area contributed by atoms with Crippen molar-refractivity contribution in [2.45, 2.75) is 25.3 Å². The van der Waals surface area contributed by atoms with Crippen LogP contribution in [0.4, 0.5) is 14.9 Å². The Morgan fingerprint density at radius 1 is 1.31 bits per heavy atom. The van der Waals surface area contributed by atoms with Crippen molar-refractivity contribution in [2.75, 3.05) is 5.32 Å². The number of carbonyl (C=O) groups is 1. The fraction of sp³-hybridized carbons (Fsp3) is 0.417. The maximum absolute atomic E-state index is 13.6. The Morgan fingerprint density at radius 2 is 2.12 bits per heavy atom. The van der Waals surface area contributed by atoms with Crippen LogP contribution in [-0.4, -0.2) is 6.03 Å². The van der Waals surface area contributed by atoms with E-state index >= 15 is 0 Å². The number of rotatable bonds is 1. The molecule has 1 atom stereocenters. The molecule has 1 heterocycles. The molecule has 0 saturated heterocycles. The minimum absolute atomic E-state index is 0.0202. The van der Waals surface area contributed by atoms with Gasteiger partial charge in [0, 0.05) is 5.56 Å². The van der Waals surface area contributed by atoms with E-state index in [1.807, 2.05) is 6.07 Å². The van der Waals surface area contributed by atoms with Gasteiger partial charge in [-0.25, -0.2) is 9.18 Å². The Kier molecular flexibility index (Phi) is 2.09. The zero-order valence-electron chi connectivity index (χ0n) is 8.79. The zero-order valence-corrected chi connectivity index (χ0v) is 8.79. The molecule has 3 nitrogen and oxygen atoms in total. The average molecular weight is 220 g/mol. The highest BCUT2D eigenvalue weighted by Gasteiger charge is 2.34. The Balaban J connectivity index is 2.03. The maximum Gasteiger partial charge on any atom is 0.319 e. The SMILES string of the molecule is O=C1Nc2c(F)cccc2C(C2CCC2)N1. The molecule has 1 fully saturated rings. The molecular weight excluding hydrogens is 207 g/mol. The molecule has 84 valence electrons. The summed E-state index contributed by atoms with van der Waals surface area (Å²) in [5.74, 6) is 0.114. The molecule has 2 amide bonds. The van der Waals surface area contributed by atoms with E-state index in [2.05, 4.69) is 10.6 Å². The summed E-state index contributed by atoms with van der Waals surface area (Å²) in [6.07, 6.45) is 3.43. The first kappa shape index (κ1) is 9.63. The second-order valence-corrected chi connectivity index (χ2v) is 4.47. The highest BCUT2D eigenvalue weighted by molar-refractivity contribution is 5.93. The third kappa shape index (κ3) is 1.37. The lowest BCUT2D eigenvalue weighted by Gasteiger charge is -2.38. The van der Waals surface area contributed by atoms with Crippen molar-refractivity contribution in [3.63, 3.8) is 0 Å². The van der Waals surface area contributed by atoms with Crippen LogP contribution in [0, 0.1) is 11.7 Å². The van der Waals surface area contributed by atoms with Crippen molar-refractivity contribution in [2.24, 2.45) is 5.92 Å². The van der Waals surface area contributed by atoms with Crippen LogP contribution in [0.5, 0.6) is 0 Å². The summed E-state index contributed by atoms with van der Waals surface area (Å²) < 4.78 is 13.6. The normalized spacial score (nSPS) is 24.1. The van der Waals surface area contributed by atoms with Crippen molar-refractivity contribution in [3.05, 3.63) is 29.6 Å². The van der Waals surface area contributed by atoms with Gasteiger partial charge in [0.05, 0.1) is 11.7 Å². The molecule has 2 N–H and O–H groups in total. The molecule has 0 aromatic heterocycles. The number of urea groups is 1. The first-order valence-electron chi connectivity index (χ1n) is 5.61. The highest BCUT2D eigenvalue weighted by atomic mass is 19.1. The summed E-state index contributed by atoms with van der Waals surface area (Å²) in [6, 6.07) is 4.64. The largest absolute Gasteiger partial charge is 0.331 e. The predicted octanol–water partition coefficient (Wildman–Crippen LogP) is 2.80. The summed E-state index contributed by atoms with van der Waals surface area (Å²) in [7, 11) is 0. The number of anilines is 1. The van der Waals surface area contributed by atoms with Gasteiger partial charge in [-0.15, -0.1) is 0 Å². The lowest BCUT2D eigenvalue weighted by molar-refractivity contribution is 0.212. The number of para-hydroxylation sites is 1. The predicted molar refractivity (Wildman–Crippen MR) is 58.6 cm³/mol. The lowest BCUT2D eigenvalue weighted by Crippen LogP contribution is -2.43. The molecule has 1 aromatic carbocycles. The number of hydrogen-bond donors (Lipinski definition) is 2. The number of fused-ring (bicyclic) bond motifs is 1. The fourth-order valence-electron chi connectivity index (χ4n) is 2.45. The van der Waals surface area contributed by atoms with Crippen LogP contribution in [0.15, 0.2) is 18.2 Å². The molecule has 1 unspecified atom stereocenters. The zero-order chi connectivity index (χ0) is 11.1. The van der Waals surface area contributed by atoms with Gasteiger partial charge >= 0.3 is 6.03 Å². The quantitative estimate of drug-likeness (QED) is 0.750. The Morgan fingerprint density at radius 3 is 2.81 bits per heavy atom. The number of halogens is 1. The number of benzene rings is 1. The monoisotopic (exact) mass is 220 g/mol. The smallest absolute Gasteiger partial charge is 0.319 e. The molecule has 4 heteroatoms. The van der Waals surface area contributed by atoms with Gasteiger partial charge in [0.1, 0.15) is 5.82 Å². The van der Waals surface area contributed by atoms with E-state index in [4.69, 9.17) is 0 Å². The van der Waals surface area contributed by atoms with Gasteiger partial charge in [0.2, 0.25) is 0 Å². The van der Waals surface area contributed by atoms with Crippen LogP contribution in [-0.2, 0) is 0 Å². The molecule has 0 bridgehead atoms. The van der Waals surface area contributed by atoms with E-state index in [-0.39, 0.29) is 17.9 Å². The minimum atomic E-state index is -0.350. The number of carbonyl (C=O) groups excluding carboxylic acids is 1. The Labute approximate surface area is 93.0 Å². The molecule has 1 aliphatic heterocycles. The van der Waals surface area contributed by atoms with Gasteiger partial charge in [-0.2, -0.15) is 0 Å². The van der Waals surface area contributed by atoms with E-state index in [0.717, 1.165) is 18.4 Å². The standard InChI is InChI=1S/C12H13FN2O/c13-9-6-2-5-8-10(7-3-1-4-7)14-12(16)15-11(8)9/h2,5-7,10H,1,3-4H2,(H2,14,15,16). The van der Waals surface area contributed by atoms with Crippen molar-refractivity contribution in [3.8, 4) is 0 Å². The van der Waals surface area contributed by atoms with Crippen LogP contribution in [0.3, 0.4) is 0 Å². The van der Waals surface area contributed by atoms with E-state index < -0.39 is 0 Å². The topological polar surface area (TPSA) is 41.1 Å². The second-order valence-electron chi connectivity index (χ2n) is 4.47. The van der Waals surface area contributed by atoms with Crippen molar-refractivity contribution in [1.82, 2.24) is 5.32 Å². The second kappa shape index (κ2) is 3.47. The van der Waals surface area contributed by atoms with E-state index in [1.54, 1.807) is 6.07 Å². The van der Waals surface area contributed by atoms with Gasteiger partial charge in [-0.3, -0.25) is 0 Å². The maximum atomic E-state index is 13.6. The number of amides is 2. The van der Waals surface area contributed by atoms with Gasteiger partial charge in [-0.1, -0.05) is 18.6 Å². The third-order valence-electron chi connectivity index (χ3n) is 3.53. The van der Waals surface area contributed by atoms with Gasteiger partial charge < -0.3 is 10.6 Å². The van der Waals surface area contributed by atoms with Crippen molar-refractivity contribution in [1.29, 1.82) is 0 Å². The highest BCUT2D eigenvalue weighted by Crippen LogP contribution is 2.42. The number of hydrogen-bond acceptors (Lipinski definition) is 1. The Hall–Kier alpha value is -1.58. The van der Waals surface area contributed by atoms with Crippen molar-refractivity contribution >= 4 is 11.7 Å². The average Bonchev–Trinajstić information content (AvgIpc) is 2.17. The van der Waals surface area contributed by atoms with Crippen LogP contribution in [0.1, 0.15) is 30.9 Å². The summed E-state index contributed by atoms with van der Waals surface area (Å²) in [4.78, 5) is 11.4. The molecule has 1 saturated carbocycles. The van der Waals surface area contributed by atoms with Crippen LogP contribution < -0.4 is 10.6 Å². The van der Waals surface area contributed by atoms with Gasteiger partial charge in [0.15, 0.2) is 0 Å². The van der Waals surface area contributed by atoms with Crippen LogP contribution in [0.25, 0.3) is 0 Å². The van der Waals surface area contributed by atoms with Crippen LogP contribution in [0.2, 0.25) is 0 Å². The molecule has 0 spiro atoms. The summed E-state index contributed by atoms with van der Waals surface area (Å²) >= 11 is 0. The molecule has 2 aliphatic rings. The van der Waals surface area contributed by atoms with E-state index in [1.165, 1.54) is 12.5 Å². The van der Waals surface area contributed by atoms with Gasteiger partial charge in [-0.05, 0) is 24.8 Å². The van der Waals surface area contributed by atoms with E-state index in [9.17, 15) is 9.18 Å². The molecular formula is C12H13FN2O. The fourth-order valence-corrected chi connectivity index (χ4v) is 2.45. The summed E-state index contributed by atoms with van der Waals surface area (Å²) in [5.41, 5.74) is 1.23. The lowest BCUT2D eigenvalue weighted by atomic mass is 9.76. The summed E-state index contributed by atoms with van der Waals surface area (Å²) in [5, 5.41) is 5.42. The first-order valence-corrected chi connectivity index (χ1v) is 5.61. The molecule has 1 aliphatic carbocycles. The third-order valence-corrected chi connectivity index (χ3v) is 3.53. The summed E-state index contributed by atoms with van der Waals surface area (Å²) in [6.45, 7) is 0. The minimum Gasteiger partial charge on any atom is -0.331 e. The van der Waals surface area contributed by atoms with Crippen molar-refractivity contribution < 1.29 is 9.18 Å². The molecule has 3 rings (SSSR count). The van der Waals surface area contributed by atoms with Crippen LogP contribution >= 0.6 is 0 Å². The Bertz CT molecular complexity index is 443. The molecule has 1 aromatic rings. The molecule has 16 heavy (non-hydrogen) atoms. The first-order chi connectivity index (χ1) is 7.75. The number of nitrogens with one attached hydrogen (secondary N) is 2.